The monoisotopic (exact) mass is 363 g/mol. The second-order valence-electron chi connectivity index (χ2n) is 5.00. The van der Waals surface area contributed by atoms with E-state index in [9.17, 15) is 9.59 Å². The number of primary amides is 1. The number of nitrogens with two attached hydrogens (primary N) is 2. The Morgan fingerprint density at radius 2 is 1.83 bits per heavy atom. The standard InChI is InChI=1S/C14H21N5O2.2ClH/c15-5-1-4-12(20)18-7-9-19(10-8-18)14-11(13(16)21)3-2-6-17-14;;/h2-3,6H,1,4-5,7-10,15H2,(H2,16,21);2*1H. The summed E-state index contributed by atoms with van der Waals surface area (Å²) in [5.74, 6) is 0.245. The minimum absolute atomic E-state index is 0. The van der Waals surface area contributed by atoms with E-state index in [-0.39, 0.29) is 30.7 Å². The number of amides is 2. The van der Waals surface area contributed by atoms with Crippen molar-refractivity contribution in [1.82, 2.24) is 9.88 Å². The van der Waals surface area contributed by atoms with Crippen LogP contribution in [0.15, 0.2) is 18.3 Å². The Kier molecular flexibility index (Phi) is 9.55. The number of piperazine rings is 1. The molecule has 4 N–H and O–H groups in total. The van der Waals surface area contributed by atoms with Crippen LogP contribution in [0.5, 0.6) is 0 Å². The van der Waals surface area contributed by atoms with Crippen LogP contribution in [-0.2, 0) is 4.79 Å². The zero-order valence-electron chi connectivity index (χ0n) is 12.8. The van der Waals surface area contributed by atoms with Crippen LogP contribution in [0.25, 0.3) is 0 Å². The van der Waals surface area contributed by atoms with E-state index in [1.54, 1.807) is 18.3 Å². The number of nitrogens with zero attached hydrogens (tertiary/aromatic N) is 3. The molecule has 0 atom stereocenters. The van der Waals surface area contributed by atoms with Gasteiger partial charge in [0.15, 0.2) is 0 Å². The van der Waals surface area contributed by atoms with Gasteiger partial charge in [0, 0.05) is 38.8 Å². The zero-order valence-corrected chi connectivity index (χ0v) is 14.4. The number of hydrogen-bond acceptors (Lipinski definition) is 5. The van der Waals surface area contributed by atoms with Gasteiger partial charge in [-0.1, -0.05) is 0 Å². The molecule has 1 aliphatic heterocycles. The molecular weight excluding hydrogens is 341 g/mol. The summed E-state index contributed by atoms with van der Waals surface area (Å²) in [7, 11) is 0. The highest BCUT2D eigenvalue weighted by Gasteiger charge is 2.23. The Bertz CT molecular complexity index is 522. The Morgan fingerprint density at radius 1 is 1.17 bits per heavy atom. The van der Waals surface area contributed by atoms with Gasteiger partial charge >= 0.3 is 0 Å². The lowest BCUT2D eigenvalue weighted by Crippen LogP contribution is -2.49. The molecule has 0 aliphatic carbocycles. The van der Waals surface area contributed by atoms with Gasteiger partial charge in [0.2, 0.25) is 5.91 Å². The van der Waals surface area contributed by atoms with Gasteiger partial charge in [0.1, 0.15) is 5.82 Å². The Morgan fingerprint density at radius 3 is 2.39 bits per heavy atom. The van der Waals surface area contributed by atoms with Gasteiger partial charge in [-0.15, -0.1) is 24.8 Å². The number of rotatable bonds is 5. The largest absolute Gasteiger partial charge is 0.365 e. The molecule has 0 aromatic carbocycles. The molecule has 23 heavy (non-hydrogen) atoms. The average Bonchev–Trinajstić information content (AvgIpc) is 2.52. The number of carbonyl (C=O) groups excluding carboxylic acids is 2. The quantitative estimate of drug-likeness (QED) is 0.787. The van der Waals surface area contributed by atoms with Crippen molar-refractivity contribution in [3.63, 3.8) is 0 Å². The van der Waals surface area contributed by atoms with Gasteiger partial charge in [-0.2, -0.15) is 0 Å². The number of aromatic nitrogens is 1. The van der Waals surface area contributed by atoms with E-state index in [4.69, 9.17) is 11.5 Å². The molecule has 0 radical (unpaired) electrons. The molecule has 2 heterocycles. The molecule has 1 aliphatic rings. The molecule has 9 heteroatoms. The maximum Gasteiger partial charge on any atom is 0.252 e. The van der Waals surface area contributed by atoms with Crippen LogP contribution < -0.4 is 16.4 Å². The van der Waals surface area contributed by atoms with E-state index in [1.807, 2.05) is 9.80 Å². The fraction of sp³-hybridized carbons (Fsp3) is 0.500. The highest BCUT2D eigenvalue weighted by atomic mass is 35.5. The molecule has 0 bridgehead atoms. The van der Waals surface area contributed by atoms with E-state index in [2.05, 4.69) is 4.98 Å². The molecule has 0 unspecified atom stereocenters. The lowest BCUT2D eigenvalue weighted by Gasteiger charge is -2.36. The smallest absolute Gasteiger partial charge is 0.252 e. The molecule has 0 spiro atoms. The minimum atomic E-state index is -0.487. The molecular formula is C14H23Cl2N5O2. The number of carbonyl (C=O) groups is 2. The van der Waals surface area contributed by atoms with Crippen LogP contribution in [0.3, 0.4) is 0 Å². The topological polar surface area (TPSA) is 106 Å². The number of halogens is 2. The fourth-order valence-electron chi connectivity index (χ4n) is 2.42. The third-order valence-corrected chi connectivity index (χ3v) is 3.58. The van der Waals surface area contributed by atoms with Crippen LogP contribution in [0, 0.1) is 0 Å². The van der Waals surface area contributed by atoms with Gasteiger partial charge in [-0.3, -0.25) is 9.59 Å². The lowest BCUT2D eigenvalue weighted by atomic mass is 10.2. The number of pyridine rings is 1. The molecule has 2 amide bonds. The second kappa shape index (κ2) is 10.3. The third kappa shape index (κ3) is 5.53. The van der Waals surface area contributed by atoms with E-state index in [0.717, 1.165) is 0 Å². The molecule has 1 aromatic heterocycles. The summed E-state index contributed by atoms with van der Waals surface area (Å²) < 4.78 is 0. The van der Waals surface area contributed by atoms with Crippen LogP contribution in [0.1, 0.15) is 23.2 Å². The molecule has 7 nitrogen and oxygen atoms in total. The third-order valence-electron chi connectivity index (χ3n) is 3.58. The SMILES string of the molecule is Cl.Cl.NCCCC(=O)N1CCN(c2ncccc2C(N)=O)CC1. The summed E-state index contributed by atoms with van der Waals surface area (Å²) in [5.41, 5.74) is 11.2. The van der Waals surface area contributed by atoms with Crippen molar-refractivity contribution >= 4 is 42.4 Å². The number of anilines is 1. The lowest BCUT2D eigenvalue weighted by molar-refractivity contribution is -0.131. The predicted octanol–water partition coefficient (Wildman–Crippen LogP) is 0.412. The van der Waals surface area contributed by atoms with Crippen LogP contribution in [-0.4, -0.2) is 54.4 Å². The van der Waals surface area contributed by atoms with Gasteiger partial charge in [-0.25, -0.2) is 4.98 Å². The Hall–Kier alpha value is -1.57. The fourth-order valence-corrected chi connectivity index (χ4v) is 2.42. The zero-order chi connectivity index (χ0) is 15.2. The van der Waals surface area contributed by atoms with Gasteiger partial charge in [0.25, 0.3) is 5.91 Å². The first-order valence-electron chi connectivity index (χ1n) is 7.11. The molecule has 1 fully saturated rings. The molecule has 0 saturated carbocycles. The summed E-state index contributed by atoms with van der Waals surface area (Å²) in [6.45, 7) is 3.06. The average molecular weight is 364 g/mol. The van der Waals surface area contributed by atoms with Gasteiger partial charge in [0.05, 0.1) is 5.56 Å². The van der Waals surface area contributed by atoms with Crippen molar-refractivity contribution in [2.45, 2.75) is 12.8 Å². The first-order valence-corrected chi connectivity index (χ1v) is 7.11. The van der Waals surface area contributed by atoms with Crippen molar-refractivity contribution in [2.24, 2.45) is 11.5 Å². The predicted molar refractivity (Wildman–Crippen MR) is 94.3 cm³/mol. The molecule has 1 aromatic rings. The van der Waals surface area contributed by atoms with Crippen molar-refractivity contribution < 1.29 is 9.59 Å². The first-order chi connectivity index (χ1) is 10.1. The van der Waals surface area contributed by atoms with E-state index >= 15 is 0 Å². The van der Waals surface area contributed by atoms with Gasteiger partial charge < -0.3 is 21.3 Å². The van der Waals surface area contributed by atoms with Crippen LogP contribution in [0.4, 0.5) is 5.82 Å². The maximum absolute atomic E-state index is 11.9. The Labute approximate surface area is 148 Å². The summed E-state index contributed by atoms with van der Waals surface area (Å²) in [6.07, 6.45) is 2.85. The van der Waals surface area contributed by atoms with Crippen LogP contribution in [0.2, 0.25) is 0 Å². The summed E-state index contributed by atoms with van der Waals surface area (Å²) in [6, 6.07) is 3.36. The van der Waals surface area contributed by atoms with E-state index in [1.165, 1.54) is 0 Å². The summed E-state index contributed by atoms with van der Waals surface area (Å²) in [5, 5.41) is 0. The first kappa shape index (κ1) is 21.4. The number of hydrogen-bond donors (Lipinski definition) is 2. The molecule has 130 valence electrons. The Balaban J connectivity index is 0.00000242. The van der Waals surface area contributed by atoms with Crippen molar-refractivity contribution in [3.05, 3.63) is 23.9 Å². The van der Waals surface area contributed by atoms with Crippen LogP contribution >= 0.6 is 24.8 Å². The summed E-state index contributed by atoms with van der Waals surface area (Å²) >= 11 is 0. The second-order valence-corrected chi connectivity index (χ2v) is 5.00. The maximum atomic E-state index is 11.9. The van der Waals surface area contributed by atoms with E-state index < -0.39 is 5.91 Å². The normalized spacial score (nSPS) is 13.8. The molecule has 2 rings (SSSR count). The minimum Gasteiger partial charge on any atom is -0.365 e. The highest BCUT2D eigenvalue weighted by Crippen LogP contribution is 2.18. The highest BCUT2D eigenvalue weighted by molar-refractivity contribution is 5.97. The van der Waals surface area contributed by atoms with E-state index in [0.29, 0.717) is 56.9 Å². The summed E-state index contributed by atoms with van der Waals surface area (Å²) in [4.78, 5) is 31.4. The van der Waals surface area contributed by atoms with Crippen molar-refractivity contribution in [1.29, 1.82) is 0 Å². The van der Waals surface area contributed by atoms with Crippen molar-refractivity contribution in [3.8, 4) is 0 Å². The van der Waals surface area contributed by atoms with Gasteiger partial charge in [-0.05, 0) is 25.1 Å². The van der Waals surface area contributed by atoms with Crippen molar-refractivity contribution in [2.75, 3.05) is 37.6 Å². The molecule has 1 saturated heterocycles.